The van der Waals surface area contributed by atoms with E-state index in [1.165, 1.54) is 0 Å². The summed E-state index contributed by atoms with van der Waals surface area (Å²) >= 11 is 0. The van der Waals surface area contributed by atoms with E-state index in [0.29, 0.717) is 36.8 Å². The Bertz CT molecular complexity index is 548. The maximum absolute atomic E-state index is 11.8. The molecule has 0 saturated heterocycles. The molecule has 0 atom stereocenters. The van der Waals surface area contributed by atoms with Gasteiger partial charge in [0.2, 0.25) is 5.89 Å². The first-order valence-corrected chi connectivity index (χ1v) is 6.05. The number of benzene rings is 1. The van der Waals surface area contributed by atoms with Gasteiger partial charge in [-0.1, -0.05) is 17.3 Å². The molecule has 1 heterocycles. The summed E-state index contributed by atoms with van der Waals surface area (Å²) in [5, 5.41) is 6.48. The molecule has 3 N–H and O–H groups in total. The quantitative estimate of drug-likeness (QED) is 0.829. The van der Waals surface area contributed by atoms with Crippen molar-refractivity contribution in [1.29, 1.82) is 0 Å². The van der Waals surface area contributed by atoms with Crippen LogP contribution in [0.2, 0.25) is 0 Å². The first-order chi connectivity index (χ1) is 9.19. The van der Waals surface area contributed by atoms with Crippen molar-refractivity contribution in [2.45, 2.75) is 19.9 Å². The van der Waals surface area contributed by atoms with Crippen LogP contribution in [0.5, 0.6) is 0 Å². The molecule has 0 radical (unpaired) electrons. The van der Waals surface area contributed by atoms with E-state index in [-0.39, 0.29) is 5.91 Å². The molecule has 6 nitrogen and oxygen atoms in total. The van der Waals surface area contributed by atoms with Crippen LogP contribution >= 0.6 is 0 Å². The van der Waals surface area contributed by atoms with Gasteiger partial charge in [0.05, 0.1) is 0 Å². The summed E-state index contributed by atoms with van der Waals surface area (Å²) in [4.78, 5) is 15.9. The fourth-order valence-electron chi connectivity index (χ4n) is 1.62. The van der Waals surface area contributed by atoms with Crippen LogP contribution in [0.1, 0.15) is 27.6 Å². The van der Waals surface area contributed by atoms with Crippen LogP contribution in [0.15, 0.2) is 28.8 Å². The number of nitrogens with two attached hydrogens (primary N) is 1. The molecule has 1 aromatic heterocycles. The third kappa shape index (κ3) is 3.62. The molecule has 2 aromatic rings. The SMILES string of the molecule is Cc1noc(CCNC(=O)c2ccc(CN)cc2)n1. The van der Waals surface area contributed by atoms with Crippen molar-refractivity contribution in [2.24, 2.45) is 5.73 Å². The van der Waals surface area contributed by atoms with Gasteiger partial charge in [0.15, 0.2) is 5.82 Å². The van der Waals surface area contributed by atoms with E-state index in [4.69, 9.17) is 10.3 Å². The summed E-state index contributed by atoms with van der Waals surface area (Å²) in [7, 11) is 0. The second-order valence-electron chi connectivity index (χ2n) is 4.14. The number of rotatable bonds is 5. The van der Waals surface area contributed by atoms with Gasteiger partial charge < -0.3 is 15.6 Å². The predicted molar refractivity (Wildman–Crippen MR) is 69.4 cm³/mol. The lowest BCUT2D eigenvalue weighted by Crippen LogP contribution is -2.25. The zero-order chi connectivity index (χ0) is 13.7. The number of hydrogen-bond acceptors (Lipinski definition) is 5. The van der Waals surface area contributed by atoms with Gasteiger partial charge in [-0.25, -0.2) is 0 Å². The first-order valence-electron chi connectivity index (χ1n) is 6.05. The van der Waals surface area contributed by atoms with Gasteiger partial charge in [-0.3, -0.25) is 4.79 Å². The number of nitrogens with zero attached hydrogens (tertiary/aromatic N) is 2. The molecule has 0 saturated carbocycles. The molecule has 0 aliphatic rings. The van der Waals surface area contributed by atoms with E-state index < -0.39 is 0 Å². The molecule has 0 fully saturated rings. The summed E-state index contributed by atoms with van der Waals surface area (Å²) in [5.74, 6) is 0.995. The molecule has 1 amide bonds. The van der Waals surface area contributed by atoms with Crippen molar-refractivity contribution < 1.29 is 9.32 Å². The summed E-state index contributed by atoms with van der Waals surface area (Å²) < 4.78 is 4.96. The lowest BCUT2D eigenvalue weighted by Gasteiger charge is -2.04. The predicted octanol–water partition coefficient (Wildman–Crippen LogP) is 0.809. The Morgan fingerprint density at radius 3 is 2.68 bits per heavy atom. The number of nitrogens with one attached hydrogen (secondary N) is 1. The minimum atomic E-state index is -0.125. The highest BCUT2D eigenvalue weighted by Gasteiger charge is 2.06. The third-order valence-electron chi connectivity index (χ3n) is 2.65. The van der Waals surface area contributed by atoms with Crippen LogP contribution in [0, 0.1) is 6.92 Å². The molecule has 1 aromatic carbocycles. The lowest BCUT2D eigenvalue weighted by molar-refractivity contribution is 0.0953. The minimum absolute atomic E-state index is 0.125. The van der Waals surface area contributed by atoms with Gasteiger partial charge in [-0.2, -0.15) is 4.98 Å². The fourth-order valence-corrected chi connectivity index (χ4v) is 1.62. The van der Waals surface area contributed by atoms with E-state index in [0.717, 1.165) is 5.56 Å². The van der Waals surface area contributed by atoms with E-state index in [2.05, 4.69) is 15.5 Å². The van der Waals surface area contributed by atoms with Crippen molar-refractivity contribution in [2.75, 3.05) is 6.54 Å². The fraction of sp³-hybridized carbons (Fsp3) is 0.308. The first kappa shape index (κ1) is 13.2. The number of hydrogen-bond donors (Lipinski definition) is 2. The summed E-state index contributed by atoms with van der Waals surface area (Å²) in [6, 6.07) is 7.20. The zero-order valence-corrected chi connectivity index (χ0v) is 10.7. The summed E-state index contributed by atoms with van der Waals surface area (Å²) in [6.07, 6.45) is 0.521. The van der Waals surface area contributed by atoms with Crippen LogP contribution in [0.25, 0.3) is 0 Å². The van der Waals surface area contributed by atoms with Crippen LogP contribution in [0.3, 0.4) is 0 Å². The topological polar surface area (TPSA) is 94.0 Å². The average Bonchev–Trinajstić information content (AvgIpc) is 2.84. The van der Waals surface area contributed by atoms with E-state index in [1.54, 1.807) is 19.1 Å². The largest absolute Gasteiger partial charge is 0.352 e. The molecular weight excluding hydrogens is 244 g/mol. The van der Waals surface area contributed by atoms with Crippen molar-refractivity contribution >= 4 is 5.91 Å². The normalized spacial score (nSPS) is 10.4. The van der Waals surface area contributed by atoms with E-state index in [1.807, 2.05) is 12.1 Å². The molecule has 19 heavy (non-hydrogen) atoms. The Morgan fingerprint density at radius 2 is 2.11 bits per heavy atom. The van der Waals surface area contributed by atoms with Crippen molar-refractivity contribution in [3.05, 3.63) is 47.1 Å². The molecule has 0 spiro atoms. The van der Waals surface area contributed by atoms with Crippen LogP contribution in [-0.4, -0.2) is 22.6 Å². The highest BCUT2D eigenvalue weighted by Crippen LogP contribution is 2.03. The lowest BCUT2D eigenvalue weighted by atomic mass is 10.1. The molecule has 6 heteroatoms. The Hall–Kier alpha value is -2.21. The van der Waals surface area contributed by atoms with Gasteiger partial charge >= 0.3 is 0 Å². The summed E-state index contributed by atoms with van der Waals surface area (Å²) in [5.41, 5.74) is 7.11. The average molecular weight is 260 g/mol. The smallest absolute Gasteiger partial charge is 0.251 e. The minimum Gasteiger partial charge on any atom is -0.352 e. The molecule has 0 aliphatic heterocycles. The van der Waals surface area contributed by atoms with E-state index >= 15 is 0 Å². The highest BCUT2D eigenvalue weighted by atomic mass is 16.5. The van der Waals surface area contributed by atoms with Crippen LogP contribution < -0.4 is 11.1 Å². The van der Waals surface area contributed by atoms with Gasteiger partial charge in [0, 0.05) is 25.1 Å². The molecule has 0 aliphatic carbocycles. The third-order valence-corrected chi connectivity index (χ3v) is 2.65. The van der Waals surface area contributed by atoms with Gasteiger partial charge in [0.1, 0.15) is 0 Å². The zero-order valence-electron chi connectivity index (χ0n) is 10.7. The highest BCUT2D eigenvalue weighted by molar-refractivity contribution is 5.94. The molecule has 0 bridgehead atoms. The molecular formula is C13H16N4O2. The number of carbonyl (C=O) groups is 1. The van der Waals surface area contributed by atoms with Crippen LogP contribution in [0.4, 0.5) is 0 Å². The van der Waals surface area contributed by atoms with Gasteiger partial charge in [0.25, 0.3) is 5.91 Å². The monoisotopic (exact) mass is 260 g/mol. The van der Waals surface area contributed by atoms with E-state index in [9.17, 15) is 4.79 Å². The number of carbonyl (C=O) groups excluding carboxylic acids is 1. The number of aryl methyl sites for hydroxylation is 1. The summed E-state index contributed by atoms with van der Waals surface area (Å²) in [6.45, 7) is 2.68. The van der Waals surface area contributed by atoms with Gasteiger partial charge in [-0.15, -0.1) is 0 Å². The van der Waals surface area contributed by atoms with Crippen molar-refractivity contribution in [3.63, 3.8) is 0 Å². The number of amides is 1. The Balaban J connectivity index is 1.83. The Kier molecular flexibility index (Phi) is 4.25. The Morgan fingerprint density at radius 1 is 1.37 bits per heavy atom. The maximum atomic E-state index is 11.8. The maximum Gasteiger partial charge on any atom is 0.251 e. The van der Waals surface area contributed by atoms with Crippen LogP contribution in [-0.2, 0) is 13.0 Å². The molecule has 2 rings (SSSR count). The standard InChI is InChI=1S/C13H16N4O2/c1-9-16-12(19-17-9)6-7-15-13(18)11-4-2-10(8-14)3-5-11/h2-5H,6-8,14H2,1H3,(H,15,18). The Labute approximate surface area is 111 Å². The van der Waals surface area contributed by atoms with Crippen molar-refractivity contribution in [1.82, 2.24) is 15.5 Å². The molecule has 0 unspecified atom stereocenters. The number of aromatic nitrogens is 2. The van der Waals surface area contributed by atoms with Gasteiger partial charge in [-0.05, 0) is 24.6 Å². The van der Waals surface area contributed by atoms with Crippen molar-refractivity contribution in [3.8, 4) is 0 Å². The second-order valence-corrected chi connectivity index (χ2v) is 4.14. The molecule has 100 valence electrons. The second kappa shape index (κ2) is 6.10.